The molecule has 0 unspecified atom stereocenters. The van der Waals surface area contributed by atoms with E-state index in [0.29, 0.717) is 37.5 Å². The molecule has 110 valence electrons. The van der Waals surface area contributed by atoms with Gasteiger partial charge in [-0.15, -0.1) is 0 Å². The van der Waals surface area contributed by atoms with Crippen LogP contribution in [0.1, 0.15) is 33.6 Å². The van der Waals surface area contributed by atoms with Crippen molar-refractivity contribution < 1.29 is 4.74 Å². The third-order valence-electron chi connectivity index (χ3n) is 2.57. The van der Waals surface area contributed by atoms with Gasteiger partial charge in [0.15, 0.2) is 0 Å². The van der Waals surface area contributed by atoms with E-state index >= 15 is 0 Å². The minimum absolute atomic E-state index is 0.312. The van der Waals surface area contributed by atoms with Crippen molar-refractivity contribution in [2.24, 2.45) is 0 Å². The minimum atomic E-state index is 0.312. The monoisotopic (exact) mass is 278 g/mol. The van der Waals surface area contributed by atoms with Crippen LogP contribution >= 0.6 is 0 Å². The molecule has 1 rings (SSSR count). The van der Waals surface area contributed by atoms with Crippen molar-refractivity contribution in [3.8, 4) is 12.1 Å². The van der Waals surface area contributed by atoms with E-state index in [9.17, 15) is 0 Å². The molecule has 0 aliphatic carbocycles. The Balaban J connectivity index is 2.96. The van der Waals surface area contributed by atoms with Crippen molar-refractivity contribution in [3.63, 3.8) is 0 Å². The van der Waals surface area contributed by atoms with Crippen molar-refractivity contribution in [1.82, 2.24) is 15.0 Å². The standard InChI is InChI=1S/C13H22N6O/c1-4-9-15-11-16-12(18-13(17-11)20-6-3)19(5-2)10-7-8-14/h4-7,9-10H2,1-3H3,(H,15,16,17,18). The highest BCUT2D eigenvalue weighted by Crippen LogP contribution is 2.15. The number of rotatable bonds is 9. The largest absolute Gasteiger partial charge is 0.464 e. The van der Waals surface area contributed by atoms with Gasteiger partial charge in [0.05, 0.1) is 19.1 Å². The number of aromatic nitrogens is 3. The van der Waals surface area contributed by atoms with E-state index in [2.05, 4.69) is 33.3 Å². The highest BCUT2D eigenvalue weighted by atomic mass is 16.5. The molecule has 1 aromatic rings. The molecule has 7 nitrogen and oxygen atoms in total. The van der Waals surface area contributed by atoms with Gasteiger partial charge in [-0.1, -0.05) is 6.92 Å². The fourth-order valence-corrected chi connectivity index (χ4v) is 1.58. The zero-order chi connectivity index (χ0) is 14.8. The van der Waals surface area contributed by atoms with Gasteiger partial charge in [0.25, 0.3) is 0 Å². The highest BCUT2D eigenvalue weighted by Gasteiger charge is 2.12. The fraction of sp³-hybridized carbons (Fsp3) is 0.692. The Morgan fingerprint density at radius 3 is 2.65 bits per heavy atom. The van der Waals surface area contributed by atoms with Gasteiger partial charge >= 0.3 is 6.01 Å². The van der Waals surface area contributed by atoms with E-state index in [-0.39, 0.29) is 0 Å². The van der Waals surface area contributed by atoms with Gasteiger partial charge in [0.2, 0.25) is 11.9 Å². The number of hydrogen-bond donors (Lipinski definition) is 1. The zero-order valence-electron chi connectivity index (χ0n) is 12.4. The number of nitriles is 1. The zero-order valence-corrected chi connectivity index (χ0v) is 12.4. The fourth-order valence-electron chi connectivity index (χ4n) is 1.58. The van der Waals surface area contributed by atoms with Crippen molar-refractivity contribution in [1.29, 1.82) is 5.26 Å². The van der Waals surface area contributed by atoms with E-state index in [1.54, 1.807) is 0 Å². The molecule has 0 atom stereocenters. The summed E-state index contributed by atoms with van der Waals surface area (Å²) in [5, 5.41) is 11.8. The van der Waals surface area contributed by atoms with Gasteiger partial charge in [-0.05, 0) is 20.3 Å². The third-order valence-corrected chi connectivity index (χ3v) is 2.57. The van der Waals surface area contributed by atoms with Crippen LogP contribution in [0.4, 0.5) is 11.9 Å². The first-order valence-corrected chi connectivity index (χ1v) is 6.99. The van der Waals surface area contributed by atoms with E-state index in [1.165, 1.54) is 0 Å². The van der Waals surface area contributed by atoms with Gasteiger partial charge in [0.1, 0.15) is 0 Å². The van der Waals surface area contributed by atoms with Gasteiger partial charge in [-0.3, -0.25) is 0 Å². The van der Waals surface area contributed by atoms with Crippen molar-refractivity contribution in [3.05, 3.63) is 0 Å². The van der Waals surface area contributed by atoms with E-state index in [4.69, 9.17) is 10.00 Å². The molecular weight excluding hydrogens is 256 g/mol. The van der Waals surface area contributed by atoms with Crippen LogP contribution in [0.3, 0.4) is 0 Å². The Labute approximate surface area is 120 Å². The maximum absolute atomic E-state index is 8.70. The Morgan fingerprint density at radius 1 is 1.25 bits per heavy atom. The summed E-state index contributed by atoms with van der Waals surface area (Å²) >= 11 is 0. The summed E-state index contributed by atoms with van der Waals surface area (Å²) in [4.78, 5) is 14.8. The van der Waals surface area contributed by atoms with Crippen LogP contribution < -0.4 is 15.0 Å². The molecule has 0 aliphatic heterocycles. The van der Waals surface area contributed by atoms with Gasteiger partial charge in [-0.2, -0.15) is 20.2 Å². The average molecular weight is 278 g/mol. The Hall–Kier alpha value is -2.10. The normalized spacial score (nSPS) is 9.90. The van der Waals surface area contributed by atoms with Gasteiger partial charge in [0, 0.05) is 19.6 Å². The van der Waals surface area contributed by atoms with Crippen LogP contribution in [0.15, 0.2) is 0 Å². The predicted octanol–water partition coefficient (Wildman–Crippen LogP) is 1.83. The molecule has 1 heterocycles. The molecular formula is C13H22N6O. The summed E-state index contributed by atoms with van der Waals surface area (Å²) in [6.07, 6.45) is 1.41. The maximum Gasteiger partial charge on any atom is 0.323 e. The second-order valence-electron chi connectivity index (χ2n) is 4.09. The topological polar surface area (TPSA) is 87.0 Å². The lowest BCUT2D eigenvalue weighted by Crippen LogP contribution is -2.26. The second-order valence-corrected chi connectivity index (χ2v) is 4.09. The van der Waals surface area contributed by atoms with E-state index in [1.807, 2.05) is 18.7 Å². The molecule has 0 saturated heterocycles. The summed E-state index contributed by atoms with van der Waals surface area (Å²) in [5.74, 6) is 1.05. The Kier molecular flexibility index (Phi) is 7.11. The van der Waals surface area contributed by atoms with Crippen LogP contribution in [0.2, 0.25) is 0 Å². The number of nitrogens with zero attached hydrogens (tertiary/aromatic N) is 5. The van der Waals surface area contributed by atoms with Crippen LogP contribution in [-0.4, -0.2) is 41.2 Å². The van der Waals surface area contributed by atoms with Crippen molar-refractivity contribution >= 4 is 11.9 Å². The molecule has 0 aromatic carbocycles. The molecule has 0 saturated carbocycles. The van der Waals surface area contributed by atoms with E-state index in [0.717, 1.165) is 19.5 Å². The summed E-state index contributed by atoms with van der Waals surface area (Å²) in [6.45, 7) is 8.57. The SMILES string of the molecule is CCCNc1nc(OCC)nc(N(CC)CCC#N)n1. The van der Waals surface area contributed by atoms with Crippen molar-refractivity contribution in [2.75, 3.05) is 36.5 Å². The average Bonchev–Trinajstić information content (AvgIpc) is 2.46. The molecule has 7 heteroatoms. The summed E-state index contributed by atoms with van der Waals surface area (Å²) in [5.41, 5.74) is 0. The molecule has 1 N–H and O–H groups in total. The predicted molar refractivity (Wildman–Crippen MR) is 77.9 cm³/mol. The molecule has 0 aliphatic rings. The van der Waals surface area contributed by atoms with Crippen LogP contribution in [0, 0.1) is 11.3 Å². The first-order chi connectivity index (χ1) is 9.74. The second kappa shape index (κ2) is 8.91. The first-order valence-electron chi connectivity index (χ1n) is 6.99. The molecule has 0 radical (unpaired) electrons. The summed E-state index contributed by atoms with van der Waals surface area (Å²) in [6, 6.07) is 2.44. The van der Waals surface area contributed by atoms with E-state index < -0.39 is 0 Å². The lowest BCUT2D eigenvalue weighted by atomic mass is 10.4. The highest BCUT2D eigenvalue weighted by molar-refractivity contribution is 5.38. The smallest absolute Gasteiger partial charge is 0.323 e. The maximum atomic E-state index is 8.70. The molecule has 0 amide bonds. The quantitative estimate of drug-likeness (QED) is 0.737. The molecule has 20 heavy (non-hydrogen) atoms. The third kappa shape index (κ3) is 4.88. The number of ether oxygens (including phenoxy) is 1. The summed E-state index contributed by atoms with van der Waals surface area (Å²) < 4.78 is 5.37. The van der Waals surface area contributed by atoms with Gasteiger partial charge < -0.3 is 15.0 Å². The lowest BCUT2D eigenvalue weighted by molar-refractivity contribution is 0.312. The molecule has 0 spiro atoms. The molecule has 1 aromatic heterocycles. The minimum Gasteiger partial charge on any atom is -0.464 e. The van der Waals surface area contributed by atoms with Crippen molar-refractivity contribution in [2.45, 2.75) is 33.6 Å². The Morgan fingerprint density at radius 2 is 2.05 bits per heavy atom. The first kappa shape index (κ1) is 16.0. The van der Waals surface area contributed by atoms with Gasteiger partial charge in [-0.25, -0.2) is 0 Å². The Bertz CT molecular complexity index is 445. The van der Waals surface area contributed by atoms with Crippen LogP contribution in [0.25, 0.3) is 0 Å². The lowest BCUT2D eigenvalue weighted by Gasteiger charge is -2.20. The summed E-state index contributed by atoms with van der Waals surface area (Å²) in [7, 11) is 0. The number of anilines is 2. The van der Waals surface area contributed by atoms with Crippen LogP contribution in [0.5, 0.6) is 6.01 Å². The number of nitrogens with one attached hydrogen (secondary N) is 1. The number of hydrogen-bond acceptors (Lipinski definition) is 7. The molecule has 0 bridgehead atoms. The van der Waals surface area contributed by atoms with Crippen LogP contribution in [-0.2, 0) is 0 Å². The molecule has 0 fully saturated rings.